The van der Waals surface area contributed by atoms with E-state index in [0.717, 1.165) is 3.97 Å². The van der Waals surface area contributed by atoms with E-state index in [1.165, 1.54) is 29.4 Å². The van der Waals surface area contributed by atoms with Crippen LogP contribution in [0.5, 0.6) is 0 Å². The molecule has 0 bridgehead atoms. The number of anilines is 1. The van der Waals surface area contributed by atoms with Crippen molar-refractivity contribution in [3.05, 3.63) is 54.4 Å². The van der Waals surface area contributed by atoms with Gasteiger partial charge in [-0.1, -0.05) is 25.1 Å². The Kier molecular flexibility index (Phi) is 7.05. The van der Waals surface area contributed by atoms with Gasteiger partial charge in [-0.05, 0) is 30.5 Å². The number of hydrogen-bond donors (Lipinski definition) is 1. The summed E-state index contributed by atoms with van der Waals surface area (Å²) in [6.45, 7) is 0.872. The number of alkyl halides is 3. The first-order chi connectivity index (χ1) is 17.5. The normalized spacial score (nSPS) is 18.1. The lowest BCUT2D eigenvalue weighted by Gasteiger charge is -2.31. The number of fused-ring (bicyclic) bond motifs is 1. The molecule has 0 saturated carbocycles. The standard InChI is InChI=1S/C24H25F3N6O3S/c1-3-16-13-32(23(34)30-15-24(25,26)27)14-20(16)31(2)21-17(11-28)12-29-22-19(21)9-10-33(22)37(35,36)18-7-5-4-6-8-18/h4-10,12,16,20H,3,13-15H2,1-2H3,(H,30,34)/t16-,20+/m0/s1. The molecule has 0 spiro atoms. The lowest BCUT2D eigenvalue weighted by molar-refractivity contribution is -0.123. The molecule has 4 rings (SSSR count). The summed E-state index contributed by atoms with van der Waals surface area (Å²) in [5, 5.41) is 12.1. The minimum atomic E-state index is -4.52. The van der Waals surface area contributed by atoms with E-state index in [2.05, 4.69) is 11.1 Å². The molecule has 1 saturated heterocycles. The largest absolute Gasteiger partial charge is 0.405 e. The number of carbonyl (C=O) groups is 1. The molecule has 2 amide bonds. The van der Waals surface area contributed by atoms with E-state index in [4.69, 9.17) is 0 Å². The highest BCUT2D eigenvalue weighted by Gasteiger charge is 2.39. The molecule has 2 atom stereocenters. The van der Waals surface area contributed by atoms with Crippen LogP contribution in [-0.2, 0) is 10.0 Å². The Morgan fingerprint density at radius 2 is 1.95 bits per heavy atom. The number of nitrogens with one attached hydrogen (secondary N) is 1. The van der Waals surface area contributed by atoms with Crippen molar-refractivity contribution in [2.24, 2.45) is 5.92 Å². The first kappa shape index (κ1) is 26.3. The molecule has 0 unspecified atom stereocenters. The van der Waals surface area contributed by atoms with E-state index in [1.807, 2.05) is 12.2 Å². The van der Waals surface area contributed by atoms with Gasteiger partial charge in [0, 0.05) is 37.9 Å². The average Bonchev–Trinajstić information content (AvgIpc) is 3.51. The number of amides is 2. The number of nitriles is 1. The number of benzene rings is 1. The molecule has 2 aromatic heterocycles. The van der Waals surface area contributed by atoms with Crippen LogP contribution in [0.3, 0.4) is 0 Å². The van der Waals surface area contributed by atoms with Crippen molar-refractivity contribution in [2.75, 3.05) is 31.6 Å². The van der Waals surface area contributed by atoms with Crippen LogP contribution >= 0.6 is 0 Å². The molecule has 3 aromatic rings. The molecular weight excluding hydrogens is 509 g/mol. The van der Waals surface area contributed by atoms with Crippen molar-refractivity contribution in [3.63, 3.8) is 0 Å². The van der Waals surface area contributed by atoms with Gasteiger partial charge in [-0.3, -0.25) is 0 Å². The fourth-order valence-electron chi connectivity index (χ4n) is 4.72. The summed E-state index contributed by atoms with van der Waals surface area (Å²) in [5.41, 5.74) is 0.783. The number of aromatic nitrogens is 2. The van der Waals surface area contributed by atoms with Crippen LogP contribution in [0.1, 0.15) is 18.9 Å². The number of likely N-dealkylation sites (N-methyl/N-ethyl adjacent to an activating group) is 1. The molecule has 13 heteroatoms. The van der Waals surface area contributed by atoms with E-state index in [0.29, 0.717) is 17.5 Å². The van der Waals surface area contributed by atoms with Gasteiger partial charge in [0.25, 0.3) is 10.0 Å². The van der Waals surface area contributed by atoms with Crippen LogP contribution in [-0.4, -0.2) is 67.2 Å². The van der Waals surface area contributed by atoms with Gasteiger partial charge in [0.05, 0.1) is 22.2 Å². The third kappa shape index (κ3) is 5.06. The van der Waals surface area contributed by atoms with Crippen LogP contribution in [0.4, 0.5) is 23.7 Å². The Hall–Kier alpha value is -3.79. The first-order valence-corrected chi connectivity index (χ1v) is 12.9. The lowest BCUT2D eigenvalue weighted by Crippen LogP contribution is -2.44. The fourth-order valence-corrected chi connectivity index (χ4v) is 6.05. The maximum absolute atomic E-state index is 13.3. The second-order valence-corrected chi connectivity index (χ2v) is 10.6. The van der Waals surface area contributed by atoms with E-state index < -0.39 is 28.8 Å². The average molecular weight is 535 g/mol. The molecule has 1 aromatic carbocycles. The van der Waals surface area contributed by atoms with Crippen molar-refractivity contribution in [1.29, 1.82) is 5.26 Å². The van der Waals surface area contributed by atoms with E-state index in [-0.39, 0.29) is 41.2 Å². The Bertz CT molecular complexity index is 1450. The van der Waals surface area contributed by atoms with Crippen LogP contribution < -0.4 is 10.2 Å². The van der Waals surface area contributed by atoms with Gasteiger partial charge in [-0.25, -0.2) is 22.2 Å². The highest BCUT2D eigenvalue weighted by Crippen LogP contribution is 2.35. The quantitative estimate of drug-likeness (QED) is 0.518. The third-order valence-electron chi connectivity index (χ3n) is 6.58. The zero-order valence-corrected chi connectivity index (χ0v) is 20.9. The number of pyridine rings is 1. The number of halogens is 3. The van der Waals surface area contributed by atoms with Crippen LogP contribution in [0.25, 0.3) is 11.0 Å². The van der Waals surface area contributed by atoms with Gasteiger partial charge in [0.2, 0.25) is 0 Å². The van der Waals surface area contributed by atoms with Crippen molar-refractivity contribution in [3.8, 4) is 6.07 Å². The summed E-state index contributed by atoms with van der Waals surface area (Å²) in [5.74, 6) is -0.0912. The molecule has 1 aliphatic heterocycles. The Morgan fingerprint density at radius 1 is 1.24 bits per heavy atom. The Labute approximate surface area is 212 Å². The number of hydrogen-bond acceptors (Lipinski definition) is 6. The van der Waals surface area contributed by atoms with E-state index in [9.17, 15) is 31.6 Å². The molecule has 3 heterocycles. The Balaban J connectivity index is 1.70. The van der Waals surface area contributed by atoms with Crippen molar-refractivity contribution >= 4 is 32.8 Å². The SMILES string of the molecule is CC[C@H]1CN(C(=O)NCC(F)(F)F)C[C@H]1N(C)c1c(C#N)cnc2c1ccn2S(=O)(=O)c1ccccc1. The molecular formula is C24H25F3N6O3S. The molecule has 0 aliphatic carbocycles. The molecule has 0 radical (unpaired) electrons. The highest BCUT2D eigenvalue weighted by molar-refractivity contribution is 7.90. The van der Waals surface area contributed by atoms with Crippen molar-refractivity contribution in [2.45, 2.75) is 30.5 Å². The van der Waals surface area contributed by atoms with Gasteiger partial charge in [0.15, 0.2) is 5.65 Å². The van der Waals surface area contributed by atoms with Gasteiger partial charge in [-0.2, -0.15) is 18.4 Å². The van der Waals surface area contributed by atoms with Crippen molar-refractivity contribution in [1.82, 2.24) is 19.2 Å². The van der Waals surface area contributed by atoms with Gasteiger partial charge in [-0.15, -0.1) is 0 Å². The minimum absolute atomic E-state index is 0.0796. The van der Waals surface area contributed by atoms with Crippen LogP contribution in [0.2, 0.25) is 0 Å². The fraction of sp³-hybridized carbons (Fsp3) is 0.375. The van der Waals surface area contributed by atoms with Crippen LogP contribution in [0.15, 0.2) is 53.7 Å². The topological polar surface area (TPSA) is 111 Å². The summed E-state index contributed by atoms with van der Waals surface area (Å²) < 4.78 is 65.3. The van der Waals surface area contributed by atoms with Gasteiger partial charge < -0.3 is 15.1 Å². The number of carbonyl (C=O) groups excluding carboxylic acids is 1. The molecule has 196 valence electrons. The second kappa shape index (κ2) is 9.93. The third-order valence-corrected chi connectivity index (χ3v) is 8.26. The van der Waals surface area contributed by atoms with E-state index >= 15 is 0 Å². The number of rotatable bonds is 6. The molecule has 1 fully saturated rings. The monoisotopic (exact) mass is 534 g/mol. The minimum Gasteiger partial charge on any atom is -0.368 e. The predicted octanol–water partition coefficient (Wildman–Crippen LogP) is 3.56. The zero-order chi connectivity index (χ0) is 27.0. The highest BCUT2D eigenvalue weighted by atomic mass is 32.2. The molecule has 37 heavy (non-hydrogen) atoms. The maximum Gasteiger partial charge on any atom is 0.405 e. The lowest BCUT2D eigenvalue weighted by atomic mass is 9.98. The van der Waals surface area contributed by atoms with Crippen molar-refractivity contribution < 1.29 is 26.4 Å². The number of urea groups is 1. The summed E-state index contributed by atoms with van der Waals surface area (Å²) in [4.78, 5) is 19.9. The van der Waals surface area contributed by atoms with Gasteiger partial charge >= 0.3 is 12.2 Å². The maximum atomic E-state index is 13.3. The molecule has 1 N–H and O–H groups in total. The molecule has 1 aliphatic rings. The number of likely N-dealkylation sites (tertiary alicyclic amines) is 1. The first-order valence-electron chi connectivity index (χ1n) is 11.5. The Morgan fingerprint density at radius 3 is 2.57 bits per heavy atom. The summed E-state index contributed by atoms with van der Waals surface area (Å²) in [6.07, 6.45) is -1.21. The number of nitrogens with zero attached hydrogens (tertiary/aromatic N) is 5. The van der Waals surface area contributed by atoms with Gasteiger partial charge in [0.1, 0.15) is 12.6 Å². The molecule has 9 nitrogen and oxygen atoms in total. The second-order valence-electron chi connectivity index (χ2n) is 8.82. The zero-order valence-electron chi connectivity index (χ0n) is 20.1. The summed E-state index contributed by atoms with van der Waals surface area (Å²) >= 11 is 0. The van der Waals surface area contributed by atoms with Crippen LogP contribution in [0, 0.1) is 17.2 Å². The smallest absolute Gasteiger partial charge is 0.368 e. The van der Waals surface area contributed by atoms with E-state index in [1.54, 1.807) is 36.2 Å². The summed E-state index contributed by atoms with van der Waals surface area (Å²) in [7, 11) is -2.23. The predicted molar refractivity (Wildman–Crippen MR) is 130 cm³/mol. The summed E-state index contributed by atoms with van der Waals surface area (Å²) in [6, 6.07) is 10.4.